The molecule has 0 radical (unpaired) electrons. The van der Waals surface area contributed by atoms with Crippen LogP contribution < -0.4 is 0 Å². The van der Waals surface area contributed by atoms with Crippen molar-refractivity contribution in [3.8, 4) is 0 Å². The van der Waals surface area contributed by atoms with E-state index in [1.54, 1.807) is 0 Å². The predicted octanol–water partition coefficient (Wildman–Crippen LogP) is 4.54. The van der Waals surface area contributed by atoms with Crippen LogP contribution in [0.1, 0.15) is 76.2 Å². The van der Waals surface area contributed by atoms with Crippen molar-refractivity contribution in [1.29, 1.82) is 0 Å². The first kappa shape index (κ1) is 19.4. The number of hydrogen-bond donors (Lipinski definition) is 0. The first-order chi connectivity index (χ1) is 9.06. The van der Waals surface area contributed by atoms with E-state index in [9.17, 15) is 0 Å². The van der Waals surface area contributed by atoms with Crippen molar-refractivity contribution >= 4 is 19.5 Å². The lowest BCUT2D eigenvalue weighted by atomic mass is 9.32. The molecule has 0 amide bonds. The molecule has 0 N–H and O–H groups in total. The smallest absolute Gasteiger partial charge is 0.153 e. The molecule has 1 aliphatic carbocycles. The zero-order chi connectivity index (χ0) is 17.1. The SMILES string of the molecule is C[SiH2]O[SiH2]C1(C)C(C)(C)C(C)(C)C(C)(C)C(C)(C)C1(C)C. The van der Waals surface area contributed by atoms with Crippen LogP contribution in [0, 0.1) is 27.1 Å². The largest absolute Gasteiger partial charge is 0.465 e. The van der Waals surface area contributed by atoms with Gasteiger partial charge in [0.05, 0.1) is 0 Å². The summed E-state index contributed by atoms with van der Waals surface area (Å²) in [5.74, 6) is 0. The number of rotatable bonds is 3. The topological polar surface area (TPSA) is 9.23 Å². The van der Waals surface area contributed by atoms with E-state index >= 15 is 0 Å². The highest BCUT2D eigenvalue weighted by Gasteiger charge is 2.73. The Balaban J connectivity index is 3.66. The molecule has 0 saturated heterocycles. The van der Waals surface area contributed by atoms with Crippen LogP contribution in [0.15, 0.2) is 0 Å². The second kappa shape index (κ2) is 4.94. The summed E-state index contributed by atoms with van der Waals surface area (Å²) >= 11 is 0. The van der Waals surface area contributed by atoms with Crippen molar-refractivity contribution in [3.05, 3.63) is 0 Å². The molecule has 0 heterocycles. The Hall–Kier alpha value is 0.394. The van der Waals surface area contributed by atoms with E-state index in [2.05, 4.69) is 82.7 Å². The summed E-state index contributed by atoms with van der Waals surface area (Å²) in [7, 11) is -0.868. The highest BCUT2D eigenvalue weighted by atomic mass is 28.3. The molecule has 0 spiro atoms. The van der Waals surface area contributed by atoms with E-state index in [1.165, 1.54) is 0 Å². The molecule has 0 aliphatic heterocycles. The summed E-state index contributed by atoms with van der Waals surface area (Å²) in [5.41, 5.74) is 1.32. The van der Waals surface area contributed by atoms with E-state index in [4.69, 9.17) is 4.12 Å². The number of hydrogen-bond acceptors (Lipinski definition) is 1. The molecule has 1 fully saturated rings. The Kier molecular flexibility index (Phi) is 4.58. The zero-order valence-corrected chi connectivity index (χ0v) is 19.7. The van der Waals surface area contributed by atoms with E-state index in [1.807, 2.05) is 0 Å². The van der Waals surface area contributed by atoms with Gasteiger partial charge in [0.25, 0.3) is 0 Å². The van der Waals surface area contributed by atoms with Gasteiger partial charge in [-0.05, 0) is 32.1 Å². The average Bonchev–Trinajstić information content (AvgIpc) is 2.33. The molecule has 1 saturated carbocycles. The Labute approximate surface area is 138 Å². The monoisotopic (exact) mass is 328 g/mol. The predicted molar refractivity (Wildman–Crippen MR) is 101 cm³/mol. The summed E-state index contributed by atoms with van der Waals surface area (Å²) in [6.07, 6.45) is 0. The summed E-state index contributed by atoms with van der Waals surface area (Å²) in [6, 6.07) is 0. The quantitative estimate of drug-likeness (QED) is 0.691. The summed E-state index contributed by atoms with van der Waals surface area (Å²) in [6.45, 7) is 29.9. The normalized spacial score (nSPS) is 32.0. The fraction of sp³-hybridized carbons (Fsp3) is 1.00. The van der Waals surface area contributed by atoms with Gasteiger partial charge in [-0.15, -0.1) is 0 Å². The van der Waals surface area contributed by atoms with Gasteiger partial charge >= 0.3 is 0 Å². The molecule has 3 heteroatoms. The highest BCUT2D eigenvalue weighted by Crippen LogP contribution is 2.80. The van der Waals surface area contributed by atoms with E-state index in [-0.39, 0.29) is 36.8 Å². The Morgan fingerprint density at radius 1 is 0.524 bits per heavy atom. The minimum atomic E-state index is -0.564. The van der Waals surface area contributed by atoms with Crippen LogP contribution in [0.4, 0.5) is 0 Å². The van der Waals surface area contributed by atoms with Gasteiger partial charge in [-0.25, -0.2) is 0 Å². The van der Waals surface area contributed by atoms with Crippen molar-refractivity contribution in [2.75, 3.05) is 0 Å². The molecule has 1 nitrogen and oxygen atoms in total. The second-order valence-electron chi connectivity index (χ2n) is 10.1. The lowest BCUT2D eigenvalue weighted by Gasteiger charge is -2.77. The maximum Gasteiger partial charge on any atom is 0.153 e. The molecule has 21 heavy (non-hydrogen) atoms. The first-order valence-corrected chi connectivity index (χ1v) is 11.9. The molecular formula is C18H40OSi2. The van der Waals surface area contributed by atoms with Gasteiger partial charge in [0, 0.05) is 0 Å². The molecule has 0 aromatic rings. The maximum absolute atomic E-state index is 6.28. The van der Waals surface area contributed by atoms with Crippen molar-refractivity contribution in [1.82, 2.24) is 0 Å². The van der Waals surface area contributed by atoms with Gasteiger partial charge in [0.2, 0.25) is 0 Å². The van der Waals surface area contributed by atoms with Crippen LogP contribution in [0.3, 0.4) is 0 Å². The highest BCUT2D eigenvalue weighted by molar-refractivity contribution is 6.44. The van der Waals surface area contributed by atoms with Gasteiger partial charge in [0.1, 0.15) is 9.76 Å². The fourth-order valence-electron chi connectivity index (χ4n) is 5.17. The molecule has 1 aliphatic rings. The van der Waals surface area contributed by atoms with Crippen molar-refractivity contribution in [2.45, 2.75) is 87.7 Å². The van der Waals surface area contributed by atoms with E-state index < -0.39 is 9.76 Å². The van der Waals surface area contributed by atoms with Crippen molar-refractivity contribution in [2.24, 2.45) is 27.1 Å². The molecule has 1 rings (SSSR count). The minimum absolute atomic E-state index is 0.262. The van der Waals surface area contributed by atoms with Crippen LogP contribution >= 0.6 is 0 Å². The third-order valence-corrected chi connectivity index (χ3v) is 14.4. The average molecular weight is 329 g/mol. The van der Waals surface area contributed by atoms with Gasteiger partial charge < -0.3 is 4.12 Å². The third-order valence-electron chi connectivity index (χ3n) is 9.60. The first-order valence-electron chi connectivity index (χ1n) is 8.64. The second-order valence-corrected chi connectivity index (χ2v) is 14.0. The summed E-state index contributed by atoms with van der Waals surface area (Å²) in [4.78, 5) is 0. The molecule has 0 atom stereocenters. The van der Waals surface area contributed by atoms with Gasteiger partial charge in [-0.2, -0.15) is 0 Å². The van der Waals surface area contributed by atoms with Crippen LogP contribution in [-0.4, -0.2) is 19.5 Å². The van der Waals surface area contributed by atoms with Crippen LogP contribution in [0.2, 0.25) is 11.6 Å². The maximum atomic E-state index is 6.28. The van der Waals surface area contributed by atoms with Crippen molar-refractivity contribution in [3.63, 3.8) is 0 Å². The molecule has 0 aromatic carbocycles. The third kappa shape index (κ3) is 1.96. The molecule has 126 valence electrons. The van der Waals surface area contributed by atoms with Gasteiger partial charge in [-0.3, -0.25) is 0 Å². The minimum Gasteiger partial charge on any atom is -0.465 e. The van der Waals surface area contributed by atoms with Crippen LogP contribution in [0.5, 0.6) is 0 Å². The summed E-state index contributed by atoms with van der Waals surface area (Å²) < 4.78 is 6.28. The Bertz CT molecular complexity index is 375. The van der Waals surface area contributed by atoms with E-state index in [0.29, 0.717) is 5.04 Å². The van der Waals surface area contributed by atoms with Crippen molar-refractivity contribution < 1.29 is 4.12 Å². The molecular weight excluding hydrogens is 288 g/mol. The van der Waals surface area contributed by atoms with E-state index in [0.717, 1.165) is 0 Å². The van der Waals surface area contributed by atoms with Crippen LogP contribution in [-0.2, 0) is 4.12 Å². The Morgan fingerprint density at radius 3 is 1.10 bits per heavy atom. The van der Waals surface area contributed by atoms with Gasteiger partial charge in [0.15, 0.2) is 9.76 Å². The molecule has 0 unspecified atom stereocenters. The summed E-state index contributed by atoms with van der Waals surface area (Å²) in [5, 5.41) is 0.297. The van der Waals surface area contributed by atoms with Crippen LogP contribution in [0.25, 0.3) is 0 Å². The molecule has 0 bridgehead atoms. The lowest BCUT2D eigenvalue weighted by molar-refractivity contribution is -0.236. The molecule has 0 aromatic heterocycles. The standard InChI is InChI=1S/C18H40OSi2/c1-13(2)14(3,4)16(7,8)18(11,21-19-20-12)17(9,10)15(13,5)6/h20-21H2,1-12H3. The Morgan fingerprint density at radius 2 is 0.810 bits per heavy atom. The van der Waals surface area contributed by atoms with Gasteiger partial charge in [-0.1, -0.05) is 82.7 Å². The fourth-order valence-corrected chi connectivity index (χ4v) is 9.23. The lowest BCUT2D eigenvalue weighted by Crippen LogP contribution is -2.70. The zero-order valence-electron chi connectivity index (χ0n) is 16.8.